The molecule has 0 aliphatic carbocycles. The van der Waals surface area contributed by atoms with Gasteiger partial charge in [-0.05, 0) is 29.7 Å². The van der Waals surface area contributed by atoms with Crippen molar-refractivity contribution < 1.29 is 14.3 Å². The van der Waals surface area contributed by atoms with Crippen LogP contribution >= 0.6 is 0 Å². The minimum absolute atomic E-state index is 0.109. The van der Waals surface area contributed by atoms with Crippen LogP contribution in [-0.2, 0) is 27.5 Å². The molecule has 4 nitrogen and oxygen atoms in total. The molecule has 33 heavy (non-hydrogen) atoms. The highest BCUT2D eigenvalue weighted by Crippen LogP contribution is 2.30. The Morgan fingerprint density at radius 2 is 1.42 bits per heavy atom. The average Bonchev–Trinajstić information content (AvgIpc) is 2.87. The lowest BCUT2D eigenvalue weighted by molar-refractivity contribution is -0.121. The maximum Gasteiger partial charge on any atom is 0.159 e. The molecule has 0 aromatic heterocycles. The van der Waals surface area contributed by atoms with Crippen LogP contribution in [0.3, 0.4) is 0 Å². The molecule has 3 atom stereocenters. The summed E-state index contributed by atoms with van der Waals surface area (Å²) in [6, 6.07) is 30.6. The number of carbonyl (C=O) groups is 1. The maximum absolute atomic E-state index is 12.4. The predicted octanol–water partition coefficient (Wildman–Crippen LogP) is 5.71. The summed E-state index contributed by atoms with van der Waals surface area (Å²) in [7, 11) is 0. The Bertz CT molecular complexity index is 1020. The van der Waals surface area contributed by atoms with E-state index >= 15 is 0 Å². The summed E-state index contributed by atoms with van der Waals surface area (Å²) in [5.41, 5.74) is 3.42. The van der Waals surface area contributed by atoms with E-state index in [-0.39, 0.29) is 24.0 Å². The molecule has 0 spiro atoms. The predicted molar refractivity (Wildman–Crippen MR) is 130 cm³/mol. The fraction of sp³-hybridized carbons (Fsp3) is 0.276. The van der Waals surface area contributed by atoms with Crippen molar-refractivity contribution in [2.24, 2.45) is 0 Å². The zero-order valence-electron chi connectivity index (χ0n) is 19.0. The van der Waals surface area contributed by atoms with Gasteiger partial charge in [-0.1, -0.05) is 91.0 Å². The molecular formula is C29H31NO3. The minimum Gasteiger partial charge on any atom is -0.374 e. The quantitative estimate of drug-likeness (QED) is 0.404. The van der Waals surface area contributed by atoms with Crippen LogP contribution in [-0.4, -0.2) is 29.4 Å². The van der Waals surface area contributed by atoms with Gasteiger partial charge in [0.15, 0.2) is 5.78 Å². The molecule has 0 unspecified atom stereocenters. The molecule has 0 saturated carbocycles. The van der Waals surface area contributed by atoms with Crippen molar-refractivity contribution in [3.63, 3.8) is 0 Å². The van der Waals surface area contributed by atoms with Crippen LogP contribution in [0.25, 0.3) is 0 Å². The van der Waals surface area contributed by atoms with E-state index in [9.17, 15) is 4.79 Å². The first-order valence-corrected chi connectivity index (χ1v) is 11.5. The van der Waals surface area contributed by atoms with E-state index in [0.29, 0.717) is 26.2 Å². The zero-order chi connectivity index (χ0) is 22.9. The fourth-order valence-electron chi connectivity index (χ4n) is 4.22. The van der Waals surface area contributed by atoms with Gasteiger partial charge < -0.3 is 14.4 Å². The Morgan fingerprint density at radius 3 is 2.06 bits per heavy atom. The Labute approximate surface area is 196 Å². The van der Waals surface area contributed by atoms with Gasteiger partial charge in [0.2, 0.25) is 0 Å². The highest BCUT2D eigenvalue weighted by Gasteiger charge is 2.34. The highest BCUT2D eigenvalue weighted by molar-refractivity contribution is 5.90. The molecule has 3 aromatic carbocycles. The first kappa shape index (κ1) is 23.0. The Hall–Kier alpha value is -3.21. The van der Waals surface area contributed by atoms with E-state index in [1.165, 1.54) is 5.56 Å². The lowest BCUT2D eigenvalue weighted by Crippen LogP contribution is -2.48. The van der Waals surface area contributed by atoms with Gasteiger partial charge in [0.1, 0.15) is 6.10 Å². The van der Waals surface area contributed by atoms with Gasteiger partial charge in [-0.25, -0.2) is 0 Å². The topological polar surface area (TPSA) is 38.8 Å². The molecule has 1 aliphatic rings. The van der Waals surface area contributed by atoms with E-state index < -0.39 is 0 Å². The summed E-state index contributed by atoms with van der Waals surface area (Å²) in [6.07, 6.45) is 3.75. The van der Waals surface area contributed by atoms with Crippen molar-refractivity contribution in [3.05, 3.63) is 120 Å². The van der Waals surface area contributed by atoms with E-state index in [1.807, 2.05) is 60.8 Å². The van der Waals surface area contributed by atoms with Gasteiger partial charge in [-0.15, -0.1) is 0 Å². The average molecular weight is 442 g/mol. The first-order chi connectivity index (χ1) is 16.2. The molecule has 1 heterocycles. The Balaban J connectivity index is 1.52. The minimum atomic E-state index is -0.256. The summed E-state index contributed by atoms with van der Waals surface area (Å²) in [5.74, 6) is 0.118. The molecule has 0 saturated heterocycles. The van der Waals surface area contributed by atoms with Crippen LogP contribution in [0, 0.1) is 0 Å². The number of benzene rings is 3. The molecular weight excluding hydrogens is 410 g/mol. The molecule has 0 amide bonds. The number of nitrogens with zero attached hydrogens (tertiary/aromatic N) is 1. The largest absolute Gasteiger partial charge is 0.374 e. The van der Waals surface area contributed by atoms with E-state index in [2.05, 4.69) is 48.2 Å². The van der Waals surface area contributed by atoms with Crippen molar-refractivity contribution in [1.29, 1.82) is 0 Å². The molecule has 0 radical (unpaired) electrons. The monoisotopic (exact) mass is 441 g/mol. The maximum atomic E-state index is 12.4. The fourth-order valence-corrected chi connectivity index (χ4v) is 4.22. The molecule has 4 heteroatoms. The van der Waals surface area contributed by atoms with Crippen molar-refractivity contribution in [3.8, 4) is 0 Å². The van der Waals surface area contributed by atoms with E-state index in [4.69, 9.17) is 9.47 Å². The van der Waals surface area contributed by atoms with Crippen LogP contribution < -0.4 is 0 Å². The third-order valence-electron chi connectivity index (χ3n) is 6.08. The van der Waals surface area contributed by atoms with Crippen molar-refractivity contribution in [2.75, 3.05) is 6.61 Å². The van der Waals surface area contributed by atoms with Crippen LogP contribution in [0.4, 0.5) is 0 Å². The van der Waals surface area contributed by atoms with Crippen LogP contribution in [0.15, 0.2) is 103 Å². The standard InChI is InChI=1S/C29H31NO3/c1-23(26-15-9-4-10-16-26)30-18-17-27(31)19-28(30)29(33-21-25-13-7-3-8-14-25)22-32-20-24-11-5-2-6-12-24/h2-18,23,28-29H,19-22H2,1H3/t23-,28+,29-/m1/s1. The number of carbonyl (C=O) groups excluding carboxylic acids is 1. The summed E-state index contributed by atoms with van der Waals surface area (Å²) < 4.78 is 12.5. The zero-order valence-corrected chi connectivity index (χ0v) is 19.0. The normalized spacial score (nSPS) is 17.7. The van der Waals surface area contributed by atoms with Gasteiger partial charge >= 0.3 is 0 Å². The first-order valence-electron chi connectivity index (χ1n) is 11.5. The van der Waals surface area contributed by atoms with Crippen molar-refractivity contribution in [2.45, 2.75) is 44.7 Å². The number of hydrogen-bond acceptors (Lipinski definition) is 4. The lowest BCUT2D eigenvalue weighted by Gasteiger charge is -2.41. The molecule has 0 bridgehead atoms. The van der Waals surface area contributed by atoms with Crippen molar-refractivity contribution in [1.82, 2.24) is 4.90 Å². The second-order valence-electron chi connectivity index (χ2n) is 8.42. The van der Waals surface area contributed by atoms with E-state index in [1.54, 1.807) is 6.08 Å². The Kier molecular flexibility index (Phi) is 8.07. The molecule has 0 fully saturated rings. The molecule has 0 N–H and O–H groups in total. The molecule has 170 valence electrons. The molecule has 4 rings (SSSR count). The number of ketones is 1. The van der Waals surface area contributed by atoms with Crippen LogP contribution in [0.1, 0.15) is 36.1 Å². The second-order valence-corrected chi connectivity index (χ2v) is 8.42. The second kappa shape index (κ2) is 11.6. The van der Waals surface area contributed by atoms with E-state index in [0.717, 1.165) is 11.1 Å². The third kappa shape index (κ3) is 6.41. The number of rotatable bonds is 10. The van der Waals surface area contributed by atoms with Crippen molar-refractivity contribution >= 4 is 5.78 Å². The number of ether oxygens (including phenoxy) is 2. The Morgan fingerprint density at radius 1 is 0.848 bits per heavy atom. The number of allylic oxidation sites excluding steroid dienone is 1. The van der Waals surface area contributed by atoms with Gasteiger partial charge in [0.05, 0.1) is 31.9 Å². The summed E-state index contributed by atoms with van der Waals surface area (Å²) in [6.45, 7) is 3.56. The smallest absolute Gasteiger partial charge is 0.159 e. The van der Waals surface area contributed by atoms with Gasteiger partial charge in [-0.2, -0.15) is 0 Å². The number of hydrogen-bond donors (Lipinski definition) is 0. The highest BCUT2D eigenvalue weighted by atomic mass is 16.5. The summed E-state index contributed by atoms with van der Waals surface area (Å²) >= 11 is 0. The van der Waals surface area contributed by atoms with Crippen LogP contribution in [0.2, 0.25) is 0 Å². The van der Waals surface area contributed by atoms with Crippen LogP contribution in [0.5, 0.6) is 0 Å². The van der Waals surface area contributed by atoms with Gasteiger partial charge in [0.25, 0.3) is 0 Å². The van der Waals surface area contributed by atoms with Gasteiger partial charge in [-0.3, -0.25) is 4.79 Å². The SMILES string of the molecule is C[C@H](c1ccccc1)N1C=CC(=O)C[C@H]1[C@@H](COCc1ccccc1)OCc1ccccc1. The third-order valence-corrected chi connectivity index (χ3v) is 6.08. The molecule has 1 aliphatic heterocycles. The summed E-state index contributed by atoms with van der Waals surface area (Å²) in [5, 5.41) is 0. The lowest BCUT2D eigenvalue weighted by atomic mass is 9.96. The van der Waals surface area contributed by atoms with Gasteiger partial charge in [0, 0.05) is 12.6 Å². The summed E-state index contributed by atoms with van der Waals surface area (Å²) in [4.78, 5) is 14.7. The molecule has 3 aromatic rings.